The number of aromatic nitrogens is 4. The summed E-state index contributed by atoms with van der Waals surface area (Å²) >= 11 is 1.23. The number of amides is 1. The molecule has 0 unspecified atom stereocenters. The number of carbonyl (C=O) groups is 1. The Balaban J connectivity index is 1.70. The molecule has 2 heterocycles. The third kappa shape index (κ3) is 2.86. The largest absolute Gasteiger partial charge is 0.336 e. The van der Waals surface area contributed by atoms with Gasteiger partial charge in [0.05, 0.1) is 17.0 Å². The second-order valence-electron chi connectivity index (χ2n) is 4.62. The lowest BCUT2D eigenvalue weighted by Gasteiger charge is -2.07. The quantitative estimate of drug-likeness (QED) is 0.560. The maximum atomic E-state index is 12.1. The van der Waals surface area contributed by atoms with E-state index in [-0.39, 0.29) is 11.7 Å². The Kier molecular flexibility index (Phi) is 3.92. The molecule has 0 bridgehead atoms. The molecule has 0 saturated heterocycles. The summed E-state index contributed by atoms with van der Waals surface area (Å²) in [7, 11) is 0. The van der Waals surface area contributed by atoms with E-state index in [1.807, 2.05) is 30.3 Å². The van der Waals surface area contributed by atoms with E-state index in [9.17, 15) is 4.79 Å². The van der Waals surface area contributed by atoms with Gasteiger partial charge >= 0.3 is 0 Å². The van der Waals surface area contributed by atoms with Crippen LogP contribution in [0.2, 0.25) is 0 Å². The number of aryl methyl sites for hydroxylation is 1. The molecule has 22 heavy (non-hydrogen) atoms. The minimum absolute atomic E-state index is 0.149. The smallest absolute Gasteiger partial charge is 0.234 e. The fourth-order valence-electron chi connectivity index (χ4n) is 1.97. The first kappa shape index (κ1) is 14.3. The van der Waals surface area contributed by atoms with Crippen molar-refractivity contribution in [3.8, 4) is 0 Å². The predicted molar refractivity (Wildman–Crippen MR) is 86.0 cm³/mol. The van der Waals surface area contributed by atoms with Gasteiger partial charge in [0.25, 0.3) is 0 Å². The Labute approximate surface area is 130 Å². The molecule has 0 aliphatic heterocycles. The highest BCUT2D eigenvalue weighted by atomic mass is 32.2. The normalized spacial score (nSPS) is 10.8. The van der Waals surface area contributed by atoms with Crippen molar-refractivity contribution in [2.24, 2.45) is 0 Å². The van der Waals surface area contributed by atoms with E-state index in [4.69, 9.17) is 5.84 Å². The Hall–Kier alpha value is -2.61. The van der Waals surface area contributed by atoms with E-state index in [2.05, 4.69) is 20.5 Å². The zero-order chi connectivity index (χ0) is 15.5. The van der Waals surface area contributed by atoms with Crippen molar-refractivity contribution in [3.05, 3.63) is 42.4 Å². The van der Waals surface area contributed by atoms with Crippen LogP contribution in [-0.2, 0) is 4.79 Å². The molecule has 0 atom stereocenters. The molecule has 0 aliphatic carbocycles. The lowest BCUT2D eigenvalue weighted by Crippen LogP contribution is -2.16. The predicted octanol–water partition coefficient (Wildman–Crippen LogP) is 1.58. The minimum atomic E-state index is -0.149. The molecule has 0 fully saturated rings. The fourth-order valence-corrected chi connectivity index (χ4v) is 2.67. The summed E-state index contributed by atoms with van der Waals surface area (Å²) in [6.45, 7) is 1.75. The molecule has 2 aromatic heterocycles. The number of hydrogen-bond donors (Lipinski definition) is 2. The Morgan fingerprint density at radius 1 is 1.32 bits per heavy atom. The van der Waals surface area contributed by atoms with Crippen LogP contribution >= 0.6 is 11.8 Å². The van der Waals surface area contributed by atoms with Crippen molar-refractivity contribution >= 4 is 34.3 Å². The van der Waals surface area contributed by atoms with Gasteiger partial charge in [-0.1, -0.05) is 30.0 Å². The lowest BCUT2D eigenvalue weighted by molar-refractivity contribution is -0.113. The van der Waals surface area contributed by atoms with Gasteiger partial charge in [0.1, 0.15) is 5.82 Å². The van der Waals surface area contributed by atoms with Crippen molar-refractivity contribution in [1.82, 2.24) is 19.9 Å². The zero-order valence-electron chi connectivity index (χ0n) is 11.9. The van der Waals surface area contributed by atoms with E-state index in [0.29, 0.717) is 16.7 Å². The Bertz CT molecular complexity index is 826. The number of rotatable bonds is 4. The number of pyridine rings is 1. The number of nitrogens with zero attached hydrogens (tertiary/aromatic N) is 4. The van der Waals surface area contributed by atoms with Gasteiger partial charge in [-0.25, -0.2) is 4.68 Å². The van der Waals surface area contributed by atoms with Crippen LogP contribution in [0.25, 0.3) is 10.9 Å². The summed E-state index contributed by atoms with van der Waals surface area (Å²) in [6.07, 6.45) is 1.70. The average molecular weight is 314 g/mol. The van der Waals surface area contributed by atoms with Gasteiger partial charge < -0.3 is 11.2 Å². The third-order valence-corrected chi connectivity index (χ3v) is 4.02. The maximum absolute atomic E-state index is 12.1. The fraction of sp³-hybridized carbons (Fsp3) is 0.143. The third-order valence-electron chi connectivity index (χ3n) is 3.07. The maximum Gasteiger partial charge on any atom is 0.234 e. The molecule has 0 saturated carbocycles. The van der Waals surface area contributed by atoms with Crippen molar-refractivity contribution in [2.45, 2.75) is 12.1 Å². The van der Waals surface area contributed by atoms with Gasteiger partial charge in [-0.3, -0.25) is 9.78 Å². The Morgan fingerprint density at radius 3 is 2.91 bits per heavy atom. The first-order valence-corrected chi connectivity index (χ1v) is 7.57. The van der Waals surface area contributed by atoms with E-state index in [1.54, 1.807) is 13.1 Å². The van der Waals surface area contributed by atoms with Crippen molar-refractivity contribution in [1.29, 1.82) is 0 Å². The second-order valence-corrected chi connectivity index (χ2v) is 5.56. The molecule has 7 nitrogen and oxygen atoms in total. The highest BCUT2D eigenvalue weighted by molar-refractivity contribution is 7.99. The van der Waals surface area contributed by atoms with E-state index in [1.165, 1.54) is 16.4 Å². The Morgan fingerprint density at radius 2 is 2.14 bits per heavy atom. The first-order valence-electron chi connectivity index (χ1n) is 6.58. The van der Waals surface area contributed by atoms with Crippen molar-refractivity contribution in [2.75, 3.05) is 16.9 Å². The summed E-state index contributed by atoms with van der Waals surface area (Å²) < 4.78 is 1.36. The number of benzene rings is 1. The van der Waals surface area contributed by atoms with Crippen molar-refractivity contribution < 1.29 is 4.79 Å². The number of para-hydroxylation sites is 1. The van der Waals surface area contributed by atoms with Crippen LogP contribution in [-0.4, -0.2) is 31.5 Å². The van der Waals surface area contributed by atoms with Gasteiger partial charge in [-0.05, 0) is 19.1 Å². The van der Waals surface area contributed by atoms with Crippen LogP contribution in [0.15, 0.2) is 41.7 Å². The molecule has 0 spiro atoms. The molecular formula is C14H14N6OS. The van der Waals surface area contributed by atoms with Gasteiger partial charge in [0.15, 0.2) is 0 Å². The average Bonchev–Trinajstić information content (AvgIpc) is 2.85. The minimum Gasteiger partial charge on any atom is -0.336 e. The molecule has 8 heteroatoms. The number of nitrogen functional groups attached to an aromatic ring is 1. The standard InChI is InChI=1S/C14H14N6OS/c1-9-18-19-14(20(9)15)22-8-12(21)17-11-6-2-4-10-5-3-7-16-13(10)11/h2-7H,8,15H2,1H3,(H,17,21). The van der Waals surface area contributed by atoms with Gasteiger partial charge in [0.2, 0.25) is 11.1 Å². The summed E-state index contributed by atoms with van der Waals surface area (Å²) in [4.78, 5) is 16.4. The highest BCUT2D eigenvalue weighted by Gasteiger charge is 2.11. The first-order chi connectivity index (χ1) is 10.6. The van der Waals surface area contributed by atoms with E-state index in [0.717, 1.165) is 10.9 Å². The van der Waals surface area contributed by atoms with Crippen LogP contribution in [0, 0.1) is 6.92 Å². The van der Waals surface area contributed by atoms with E-state index < -0.39 is 0 Å². The summed E-state index contributed by atoms with van der Waals surface area (Å²) in [6, 6.07) is 9.47. The lowest BCUT2D eigenvalue weighted by atomic mass is 10.2. The van der Waals surface area contributed by atoms with Crippen LogP contribution in [0.1, 0.15) is 5.82 Å². The molecule has 1 amide bonds. The highest BCUT2D eigenvalue weighted by Crippen LogP contribution is 2.21. The number of nitrogens with one attached hydrogen (secondary N) is 1. The number of nitrogens with two attached hydrogens (primary N) is 1. The molecule has 112 valence electrons. The van der Waals surface area contributed by atoms with Crippen LogP contribution in [0.4, 0.5) is 5.69 Å². The zero-order valence-corrected chi connectivity index (χ0v) is 12.7. The second kappa shape index (κ2) is 6.02. The van der Waals surface area contributed by atoms with Crippen molar-refractivity contribution in [3.63, 3.8) is 0 Å². The summed E-state index contributed by atoms with van der Waals surface area (Å²) in [5, 5.41) is 12.1. The molecule has 0 aliphatic rings. The van der Waals surface area contributed by atoms with Gasteiger partial charge in [-0.2, -0.15) is 0 Å². The summed E-state index contributed by atoms with van der Waals surface area (Å²) in [5.74, 6) is 6.39. The molecule has 3 aromatic rings. The number of hydrogen-bond acceptors (Lipinski definition) is 6. The van der Waals surface area contributed by atoms with Gasteiger partial charge in [0, 0.05) is 11.6 Å². The van der Waals surface area contributed by atoms with Crippen LogP contribution in [0.5, 0.6) is 0 Å². The molecular weight excluding hydrogens is 300 g/mol. The topological polar surface area (TPSA) is 98.7 Å². The number of fused-ring (bicyclic) bond motifs is 1. The molecule has 1 aromatic carbocycles. The monoisotopic (exact) mass is 314 g/mol. The van der Waals surface area contributed by atoms with E-state index >= 15 is 0 Å². The van der Waals surface area contributed by atoms with Gasteiger partial charge in [-0.15, -0.1) is 10.2 Å². The molecule has 0 radical (unpaired) electrons. The number of thioether (sulfide) groups is 1. The van der Waals surface area contributed by atoms with Crippen LogP contribution in [0.3, 0.4) is 0 Å². The number of carbonyl (C=O) groups excluding carboxylic acids is 1. The van der Waals surface area contributed by atoms with Crippen LogP contribution < -0.4 is 11.2 Å². The number of anilines is 1. The summed E-state index contributed by atoms with van der Waals surface area (Å²) in [5.41, 5.74) is 1.45. The SMILES string of the molecule is Cc1nnc(SCC(=O)Nc2cccc3cccnc23)n1N. The molecule has 3 rings (SSSR count). The molecule has 3 N–H and O–H groups in total.